The summed E-state index contributed by atoms with van der Waals surface area (Å²) < 4.78 is 26.4. The van der Waals surface area contributed by atoms with E-state index in [1.807, 2.05) is 30.3 Å². The van der Waals surface area contributed by atoms with Crippen molar-refractivity contribution < 1.29 is 8.42 Å². The molecular weight excluding hydrogens is 260 g/mol. The van der Waals surface area contributed by atoms with Gasteiger partial charge in [-0.2, -0.15) is 4.31 Å². The number of rotatable bonds is 5. The Bertz CT molecular complexity index is 487. The summed E-state index contributed by atoms with van der Waals surface area (Å²) in [6, 6.07) is 9.73. The van der Waals surface area contributed by atoms with E-state index in [0.717, 1.165) is 24.8 Å². The quantitative estimate of drug-likeness (QED) is 0.887. The van der Waals surface area contributed by atoms with Gasteiger partial charge < -0.3 is 5.73 Å². The second-order valence-corrected chi connectivity index (χ2v) is 7.09. The number of piperidine rings is 1. The molecule has 1 fully saturated rings. The molecule has 1 aliphatic rings. The molecule has 19 heavy (non-hydrogen) atoms. The van der Waals surface area contributed by atoms with E-state index in [2.05, 4.69) is 0 Å². The van der Waals surface area contributed by atoms with Crippen LogP contribution in [0.3, 0.4) is 0 Å². The Hall–Kier alpha value is -0.910. The van der Waals surface area contributed by atoms with Crippen LogP contribution in [-0.2, 0) is 16.4 Å². The standard InChI is InChI=1S/C14H22N2O2S/c15-12-14-8-4-5-10-16(14)19(17,18)11-9-13-6-2-1-3-7-13/h1-3,6-7,14H,4-5,8-12,15H2. The number of hydrogen-bond acceptors (Lipinski definition) is 3. The average molecular weight is 282 g/mol. The Morgan fingerprint density at radius 3 is 2.63 bits per heavy atom. The van der Waals surface area contributed by atoms with E-state index in [1.165, 1.54) is 0 Å². The highest BCUT2D eigenvalue weighted by molar-refractivity contribution is 7.89. The normalized spacial score (nSPS) is 21.4. The summed E-state index contributed by atoms with van der Waals surface area (Å²) in [6.07, 6.45) is 3.48. The van der Waals surface area contributed by atoms with Gasteiger partial charge in [0.25, 0.3) is 0 Å². The number of aryl methyl sites for hydroxylation is 1. The number of hydrogen-bond donors (Lipinski definition) is 1. The maximum Gasteiger partial charge on any atom is 0.214 e. The van der Waals surface area contributed by atoms with E-state index in [9.17, 15) is 8.42 Å². The first-order valence-corrected chi connectivity index (χ1v) is 8.48. The first-order chi connectivity index (χ1) is 9.13. The first-order valence-electron chi connectivity index (χ1n) is 6.87. The summed E-state index contributed by atoms with van der Waals surface area (Å²) in [5.41, 5.74) is 6.75. The van der Waals surface area contributed by atoms with Gasteiger partial charge >= 0.3 is 0 Å². The molecule has 0 spiro atoms. The van der Waals surface area contributed by atoms with Crippen LogP contribution >= 0.6 is 0 Å². The van der Waals surface area contributed by atoms with Crippen LogP contribution in [0.25, 0.3) is 0 Å². The minimum atomic E-state index is -3.19. The molecule has 4 nitrogen and oxygen atoms in total. The summed E-state index contributed by atoms with van der Waals surface area (Å²) in [4.78, 5) is 0. The Morgan fingerprint density at radius 1 is 1.21 bits per heavy atom. The molecule has 0 aromatic heterocycles. The summed E-state index contributed by atoms with van der Waals surface area (Å²) >= 11 is 0. The molecule has 0 amide bonds. The molecule has 1 atom stereocenters. The Labute approximate surface area is 115 Å². The highest BCUT2D eigenvalue weighted by Crippen LogP contribution is 2.20. The lowest BCUT2D eigenvalue weighted by molar-refractivity contribution is 0.257. The highest BCUT2D eigenvalue weighted by Gasteiger charge is 2.30. The van der Waals surface area contributed by atoms with Crippen LogP contribution in [0.2, 0.25) is 0 Å². The summed E-state index contributed by atoms with van der Waals surface area (Å²) in [5.74, 6) is 0.174. The molecule has 2 rings (SSSR count). The van der Waals surface area contributed by atoms with Crippen molar-refractivity contribution in [3.05, 3.63) is 35.9 Å². The lowest BCUT2D eigenvalue weighted by atomic mass is 10.1. The average Bonchev–Trinajstić information content (AvgIpc) is 2.46. The van der Waals surface area contributed by atoms with Crippen molar-refractivity contribution in [2.24, 2.45) is 5.73 Å². The van der Waals surface area contributed by atoms with Crippen LogP contribution in [0.4, 0.5) is 0 Å². The zero-order chi connectivity index (χ0) is 13.7. The van der Waals surface area contributed by atoms with Crippen LogP contribution in [0.15, 0.2) is 30.3 Å². The van der Waals surface area contributed by atoms with Gasteiger partial charge in [-0.1, -0.05) is 36.8 Å². The Morgan fingerprint density at radius 2 is 1.95 bits per heavy atom. The van der Waals surface area contributed by atoms with Crippen LogP contribution in [0.1, 0.15) is 24.8 Å². The molecule has 5 heteroatoms. The van der Waals surface area contributed by atoms with Gasteiger partial charge in [0.1, 0.15) is 0 Å². The largest absolute Gasteiger partial charge is 0.329 e. The van der Waals surface area contributed by atoms with E-state index in [-0.39, 0.29) is 11.8 Å². The topological polar surface area (TPSA) is 63.4 Å². The SMILES string of the molecule is NCC1CCCCN1S(=O)(=O)CCc1ccccc1. The molecule has 1 saturated heterocycles. The lowest BCUT2D eigenvalue weighted by Crippen LogP contribution is -2.48. The molecule has 0 aliphatic carbocycles. The summed E-state index contributed by atoms with van der Waals surface area (Å²) in [6.45, 7) is 1.05. The van der Waals surface area contributed by atoms with Crippen LogP contribution in [-0.4, -0.2) is 37.6 Å². The van der Waals surface area contributed by atoms with Gasteiger partial charge in [-0.05, 0) is 24.8 Å². The maximum absolute atomic E-state index is 12.4. The first kappa shape index (κ1) is 14.5. The zero-order valence-corrected chi connectivity index (χ0v) is 12.0. The molecule has 1 aliphatic heterocycles. The van der Waals surface area contributed by atoms with E-state index in [0.29, 0.717) is 19.5 Å². The smallest absolute Gasteiger partial charge is 0.214 e. The molecule has 0 saturated carbocycles. The van der Waals surface area contributed by atoms with Crippen molar-refractivity contribution in [3.8, 4) is 0 Å². The van der Waals surface area contributed by atoms with E-state index < -0.39 is 10.0 Å². The van der Waals surface area contributed by atoms with Crippen LogP contribution < -0.4 is 5.73 Å². The van der Waals surface area contributed by atoms with Crippen LogP contribution in [0, 0.1) is 0 Å². The highest BCUT2D eigenvalue weighted by atomic mass is 32.2. The molecule has 2 N–H and O–H groups in total. The predicted octanol–water partition coefficient (Wildman–Crippen LogP) is 1.37. The zero-order valence-electron chi connectivity index (χ0n) is 11.2. The lowest BCUT2D eigenvalue weighted by Gasteiger charge is -2.33. The Kier molecular flexibility index (Phi) is 4.96. The fourth-order valence-electron chi connectivity index (χ4n) is 2.58. The number of sulfonamides is 1. The maximum atomic E-state index is 12.4. The molecule has 0 bridgehead atoms. The van der Waals surface area contributed by atoms with Crippen LogP contribution in [0.5, 0.6) is 0 Å². The number of benzene rings is 1. The van der Waals surface area contributed by atoms with E-state index in [4.69, 9.17) is 5.73 Å². The molecule has 1 heterocycles. The molecule has 1 aromatic carbocycles. The monoisotopic (exact) mass is 282 g/mol. The van der Waals surface area contributed by atoms with Crippen molar-refractivity contribution >= 4 is 10.0 Å². The van der Waals surface area contributed by atoms with Crippen molar-refractivity contribution in [3.63, 3.8) is 0 Å². The molecule has 1 unspecified atom stereocenters. The van der Waals surface area contributed by atoms with Gasteiger partial charge in [0.2, 0.25) is 10.0 Å². The second-order valence-electron chi connectivity index (χ2n) is 5.05. The predicted molar refractivity (Wildman–Crippen MR) is 77.3 cm³/mol. The van der Waals surface area contributed by atoms with Crippen molar-refractivity contribution in [2.75, 3.05) is 18.8 Å². The van der Waals surface area contributed by atoms with Gasteiger partial charge in [0.15, 0.2) is 0 Å². The number of nitrogens with two attached hydrogens (primary N) is 1. The fraction of sp³-hybridized carbons (Fsp3) is 0.571. The molecule has 106 valence electrons. The summed E-state index contributed by atoms with van der Waals surface area (Å²) in [5, 5.41) is 0. The summed E-state index contributed by atoms with van der Waals surface area (Å²) in [7, 11) is -3.19. The second kappa shape index (κ2) is 6.50. The third-order valence-corrected chi connectivity index (χ3v) is 5.61. The molecular formula is C14H22N2O2S. The van der Waals surface area contributed by atoms with Crippen molar-refractivity contribution in [2.45, 2.75) is 31.7 Å². The minimum Gasteiger partial charge on any atom is -0.329 e. The van der Waals surface area contributed by atoms with Gasteiger partial charge in [-0.3, -0.25) is 0 Å². The number of nitrogens with zero attached hydrogens (tertiary/aromatic N) is 1. The van der Waals surface area contributed by atoms with E-state index >= 15 is 0 Å². The molecule has 0 radical (unpaired) electrons. The van der Waals surface area contributed by atoms with E-state index in [1.54, 1.807) is 4.31 Å². The third kappa shape index (κ3) is 3.78. The van der Waals surface area contributed by atoms with Gasteiger partial charge in [-0.25, -0.2) is 8.42 Å². The third-order valence-electron chi connectivity index (χ3n) is 3.69. The minimum absolute atomic E-state index is 0.00507. The van der Waals surface area contributed by atoms with Gasteiger partial charge in [0.05, 0.1) is 5.75 Å². The van der Waals surface area contributed by atoms with Crippen molar-refractivity contribution in [1.82, 2.24) is 4.31 Å². The molecule has 1 aromatic rings. The van der Waals surface area contributed by atoms with Gasteiger partial charge in [-0.15, -0.1) is 0 Å². The Balaban J connectivity index is 2.01. The van der Waals surface area contributed by atoms with Crippen molar-refractivity contribution in [1.29, 1.82) is 0 Å². The fourth-order valence-corrected chi connectivity index (χ4v) is 4.37. The van der Waals surface area contributed by atoms with Gasteiger partial charge in [0, 0.05) is 19.1 Å².